The van der Waals surface area contributed by atoms with Gasteiger partial charge in [-0.1, -0.05) is 12.2 Å². The van der Waals surface area contributed by atoms with Gasteiger partial charge in [-0.15, -0.1) is 0 Å². The van der Waals surface area contributed by atoms with Crippen LogP contribution in [0.1, 0.15) is 27.7 Å². The fraction of sp³-hybridized carbons (Fsp3) is 0.500. The first-order chi connectivity index (χ1) is 7.38. The van der Waals surface area contributed by atoms with E-state index < -0.39 is 5.97 Å². The van der Waals surface area contributed by atoms with Crippen LogP contribution in [0.15, 0.2) is 23.3 Å². The third-order valence-electron chi connectivity index (χ3n) is 1.76. The number of ether oxygens (including phenoxy) is 2. The highest BCUT2D eigenvalue weighted by Gasteiger charge is 2.07. The van der Waals surface area contributed by atoms with Crippen molar-refractivity contribution < 1.29 is 19.1 Å². The van der Waals surface area contributed by atoms with Crippen LogP contribution in [0.3, 0.4) is 0 Å². The van der Waals surface area contributed by atoms with Crippen molar-refractivity contribution in [2.24, 2.45) is 0 Å². The van der Waals surface area contributed by atoms with Crippen LogP contribution in [0.4, 0.5) is 0 Å². The molecule has 0 rings (SSSR count). The van der Waals surface area contributed by atoms with E-state index in [9.17, 15) is 9.59 Å². The minimum absolute atomic E-state index is 0.151. The molecule has 0 amide bonds. The zero-order chi connectivity index (χ0) is 12.7. The first kappa shape index (κ1) is 14.4. The first-order valence-corrected chi connectivity index (χ1v) is 5.03. The van der Waals surface area contributed by atoms with Gasteiger partial charge in [0.05, 0.1) is 13.2 Å². The normalized spacial score (nSPS) is 12.6. The number of rotatable bonds is 4. The molecule has 0 bridgehead atoms. The highest BCUT2D eigenvalue weighted by molar-refractivity contribution is 5.90. The number of carbonyl (C=O) groups excluding carboxylic acids is 2. The lowest BCUT2D eigenvalue weighted by atomic mass is 10.2. The smallest absolute Gasteiger partial charge is 0.333 e. The summed E-state index contributed by atoms with van der Waals surface area (Å²) in [4.78, 5) is 22.4. The Hall–Kier alpha value is -1.58. The number of carbonyl (C=O) groups is 2. The number of methoxy groups -OCH3 is 1. The monoisotopic (exact) mass is 226 g/mol. The Kier molecular flexibility index (Phi) is 6.15. The number of hydrogen-bond donors (Lipinski definition) is 0. The molecule has 0 aliphatic rings. The van der Waals surface area contributed by atoms with Gasteiger partial charge in [0.15, 0.2) is 0 Å². The predicted molar refractivity (Wildman–Crippen MR) is 60.8 cm³/mol. The standard InChI is InChI=1S/C12H18O4/c1-8(2)16-12(14)10(4)7-6-9(3)11(13)15-5/h6-8H,1-5H3/b9-6+,10-7+. The highest BCUT2D eigenvalue weighted by Crippen LogP contribution is 2.03. The molecule has 0 atom stereocenters. The summed E-state index contributed by atoms with van der Waals surface area (Å²) in [7, 11) is 1.31. The molecule has 0 radical (unpaired) electrons. The lowest BCUT2D eigenvalue weighted by Gasteiger charge is -2.07. The van der Waals surface area contributed by atoms with Crippen LogP contribution < -0.4 is 0 Å². The van der Waals surface area contributed by atoms with E-state index in [-0.39, 0.29) is 12.1 Å². The summed E-state index contributed by atoms with van der Waals surface area (Å²) < 4.78 is 9.50. The molecular formula is C12H18O4. The van der Waals surface area contributed by atoms with Crippen molar-refractivity contribution in [2.75, 3.05) is 7.11 Å². The van der Waals surface area contributed by atoms with Crippen LogP contribution >= 0.6 is 0 Å². The molecule has 0 saturated carbocycles. The van der Waals surface area contributed by atoms with Gasteiger partial charge in [-0.25, -0.2) is 9.59 Å². The molecule has 0 heterocycles. The van der Waals surface area contributed by atoms with Gasteiger partial charge in [0.2, 0.25) is 0 Å². The average Bonchev–Trinajstić information content (AvgIpc) is 2.23. The second kappa shape index (κ2) is 6.82. The van der Waals surface area contributed by atoms with E-state index in [0.717, 1.165) is 0 Å². The summed E-state index contributed by atoms with van der Waals surface area (Å²) in [6, 6.07) is 0. The predicted octanol–water partition coefficient (Wildman–Crippen LogP) is 2.00. The van der Waals surface area contributed by atoms with Crippen LogP contribution in [0.5, 0.6) is 0 Å². The second-order valence-corrected chi connectivity index (χ2v) is 3.65. The van der Waals surface area contributed by atoms with E-state index >= 15 is 0 Å². The Morgan fingerprint density at radius 1 is 1.00 bits per heavy atom. The Morgan fingerprint density at radius 2 is 1.44 bits per heavy atom. The van der Waals surface area contributed by atoms with Crippen LogP contribution in [0.2, 0.25) is 0 Å². The van der Waals surface area contributed by atoms with Gasteiger partial charge in [0.25, 0.3) is 0 Å². The van der Waals surface area contributed by atoms with E-state index in [0.29, 0.717) is 11.1 Å². The van der Waals surface area contributed by atoms with Gasteiger partial charge < -0.3 is 9.47 Å². The SMILES string of the molecule is COC(=O)/C(C)=C/C=C(\C)C(=O)OC(C)C. The topological polar surface area (TPSA) is 52.6 Å². The van der Waals surface area contributed by atoms with Crippen molar-refractivity contribution in [1.29, 1.82) is 0 Å². The maximum atomic E-state index is 11.4. The Balaban J connectivity index is 4.55. The van der Waals surface area contributed by atoms with Gasteiger partial charge in [-0.3, -0.25) is 0 Å². The third-order valence-corrected chi connectivity index (χ3v) is 1.76. The van der Waals surface area contributed by atoms with E-state index in [1.165, 1.54) is 19.3 Å². The Labute approximate surface area is 95.9 Å². The minimum Gasteiger partial charge on any atom is -0.466 e. The zero-order valence-electron chi connectivity index (χ0n) is 10.4. The van der Waals surface area contributed by atoms with Crippen LogP contribution in [-0.2, 0) is 19.1 Å². The molecule has 0 fully saturated rings. The summed E-state index contributed by atoms with van der Waals surface area (Å²) in [5, 5.41) is 0. The molecule has 4 heteroatoms. The van der Waals surface area contributed by atoms with Gasteiger partial charge in [0, 0.05) is 11.1 Å². The zero-order valence-corrected chi connectivity index (χ0v) is 10.4. The Morgan fingerprint density at radius 3 is 1.81 bits per heavy atom. The van der Waals surface area contributed by atoms with Crippen LogP contribution in [-0.4, -0.2) is 25.2 Å². The quantitative estimate of drug-likeness (QED) is 0.418. The van der Waals surface area contributed by atoms with Crippen LogP contribution in [0, 0.1) is 0 Å². The molecule has 0 unspecified atom stereocenters. The molecule has 0 aromatic heterocycles. The summed E-state index contributed by atoms with van der Waals surface area (Å²) in [6.07, 6.45) is 2.92. The first-order valence-electron chi connectivity index (χ1n) is 5.03. The largest absolute Gasteiger partial charge is 0.466 e. The van der Waals surface area contributed by atoms with Gasteiger partial charge in [0.1, 0.15) is 0 Å². The fourth-order valence-electron chi connectivity index (χ4n) is 0.854. The third kappa shape index (κ3) is 5.34. The summed E-state index contributed by atoms with van der Waals surface area (Å²) in [5.74, 6) is -0.801. The second-order valence-electron chi connectivity index (χ2n) is 3.65. The lowest BCUT2D eigenvalue weighted by molar-refractivity contribution is -0.142. The van der Waals surface area contributed by atoms with E-state index in [2.05, 4.69) is 4.74 Å². The number of allylic oxidation sites excluding steroid dienone is 2. The molecule has 16 heavy (non-hydrogen) atoms. The van der Waals surface area contributed by atoms with Crippen molar-refractivity contribution in [3.63, 3.8) is 0 Å². The number of hydrogen-bond acceptors (Lipinski definition) is 4. The van der Waals surface area contributed by atoms with Crippen molar-refractivity contribution in [2.45, 2.75) is 33.8 Å². The van der Waals surface area contributed by atoms with E-state index in [4.69, 9.17) is 4.74 Å². The Bertz CT molecular complexity index is 324. The molecule has 0 aromatic rings. The van der Waals surface area contributed by atoms with Crippen LogP contribution in [0.25, 0.3) is 0 Å². The lowest BCUT2D eigenvalue weighted by Crippen LogP contribution is -2.12. The minimum atomic E-state index is -0.415. The van der Waals surface area contributed by atoms with Crippen molar-refractivity contribution in [3.8, 4) is 0 Å². The van der Waals surface area contributed by atoms with E-state index in [1.54, 1.807) is 27.7 Å². The molecule has 0 spiro atoms. The molecule has 0 saturated heterocycles. The van der Waals surface area contributed by atoms with Gasteiger partial charge >= 0.3 is 11.9 Å². The molecular weight excluding hydrogens is 208 g/mol. The summed E-state index contributed by atoms with van der Waals surface area (Å²) >= 11 is 0. The maximum Gasteiger partial charge on any atom is 0.333 e. The van der Waals surface area contributed by atoms with E-state index in [1.807, 2.05) is 0 Å². The van der Waals surface area contributed by atoms with Gasteiger partial charge in [-0.05, 0) is 27.7 Å². The molecule has 0 N–H and O–H groups in total. The molecule has 0 aliphatic carbocycles. The van der Waals surface area contributed by atoms with Crippen molar-refractivity contribution in [3.05, 3.63) is 23.3 Å². The summed E-state index contributed by atoms with van der Waals surface area (Å²) in [5.41, 5.74) is 0.871. The average molecular weight is 226 g/mol. The summed E-state index contributed by atoms with van der Waals surface area (Å²) in [6.45, 7) is 6.80. The molecule has 0 aromatic carbocycles. The molecule has 90 valence electrons. The number of esters is 2. The fourth-order valence-corrected chi connectivity index (χ4v) is 0.854. The van der Waals surface area contributed by atoms with Crippen molar-refractivity contribution >= 4 is 11.9 Å². The van der Waals surface area contributed by atoms with Gasteiger partial charge in [-0.2, -0.15) is 0 Å². The maximum absolute atomic E-state index is 11.4. The molecule has 4 nitrogen and oxygen atoms in total. The highest BCUT2D eigenvalue weighted by atomic mass is 16.5. The van der Waals surface area contributed by atoms with Crippen molar-refractivity contribution in [1.82, 2.24) is 0 Å². The molecule has 0 aliphatic heterocycles.